The van der Waals surface area contributed by atoms with Gasteiger partial charge in [0.1, 0.15) is 0 Å². The van der Waals surface area contributed by atoms with Crippen molar-refractivity contribution in [1.29, 1.82) is 0 Å². The molecule has 108 valence electrons. The van der Waals surface area contributed by atoms with Crippen molar-refractivity contribution in [2.75, 3.05) is 0 Å². The summed E-state index contributed by atoms with van der Waals surface area (Å²) < 4.78 is 0. The van der Waals surface area contributed by atoms with E-state index in [1.165, 1.54) is 70.6 Å². The molecular formula is C18H31N. The van der Waals surface area contributed by atoms with Gasteiger partial charge in [-0.25, -0.2) is 0 Å². The van der Waals surface area contributed by atoms with Crippen molar-refractivity contribution < 1.29 is 0 Å². The maximum atomic E-state index is 3.12. The van der Waals surface area contributed by atoms with Crippen LogP contribution in [0.2, 0.25) is 0 Å². The summed E-state index contributed by atoms with van der Waals surface area (Å²) in [5, 5.41) is 0. The zero-order chi connectivity index (χ0) is 12.7. The summed E-state index contributed by atoms with van der Waals surface area (Å²) in [5.41, 5.74) is 0. The molecule has 0 amide bonds. The molecule has 0 bridgehead atoms. The third-order valence-electron chi connectivity index (χ3n) is 6.88. The number of likely N-dealkylation sites (tertiary alicyclic amines) is 1. The minimum Gasteiger partial charge on any atom is -0.294 e. The average molecular weight is 261 g/mol. The fraction of sp³-hybridized carbons (Fsp3) is 1.00. The van der Waals surface area contributed by atoms with Gasteiger partial charge >= 0.3 is 0 Å². The van der Waals surface area contributed by atoms with Gasteiger partial charge in [0.25, 0.3) is 0 Å². The van der Waals surface area contributed by atoms with E-state index in [0.717, 1.165) is 30.0 Å². The molecule has 3 aliphatic carbocycles. The van der Waals surface area contributed by atoms with Crippen LogP contribution in [0.3, 0.4) is 0 Å². The number of nitrogens with zero attached hydrogens (tertiary/aromatic N) is 1. The lowest BCUT2D eigenvalue weighted by Crippen LogP contribution is -2.47. The summed E-state index contributed by atoms with van der Waals surface area (Å²) in [6.45, 7) is 0. The molecule has 4 unspecified atom stereocenters. The van der Waals surface area contributed by atoms with E-state index in [4.69, 9.17) is 0 Å². The van der Waals surface area contributed by atoms with E-state index in [0.29, 0.717) is 0 Å². The second kappa shape index (κ2) is 5.39. The van der Waals surface area contributed by atoms with Crippen LogP contribution in [0, 0.1) is 11.8 Å². The minimum atomic E-state index is 0.979. The van der Waals surface area contributed by atoms with Crippen LogP contribution >= 0.6 is 0 Å². The monoisotopic (exact) mass is 261 g/mol. The Morgan fingerprint density at radius 3 is 1.53 bits per heavy atom. The lowest BCUT2D eigenvalue weighted by Gasteiger charge is -2.42. The molecule has 4 rings (SSSR count). The quantitative estimate of drug-likeness (QED) is 0.658. The Morgan fingerprint density at radius 2 is 0.947 bits per heavy atom. The van der Waals surface area contributed by atoms with Gasteiger partial charge in [-0.3, -0.25) is 4.90 Å². The van der Waals surface area contributed by atoms with Crippen LogP contribution in [0.4, 0.5) is 0 Å². The molecule has 1 aliphatic heterocycles. The van der Waals surface area contributed by atoms with Crippen LogP contribution in [0.15, 0.2) is 0 Å². The van der Waals surface area contributed by atoms with Crippen molar-refractivity contribution in [1.82, 2.24) is 4.90 Å². The van der Waals surface area contributed by atoms with E-state index in [-0.39, 0.29) is 0 Å². The van der Waals surface area contributed by atoms with Gasteiger partial charge in [0, 0.05) is 18.1 Å². The first kappa shape index (κ1) is 12.7. The zero-order valence-electron chi connectivity index (χ0n) is 12.5. The van der Waals surface area contributed by atoms with Gasteiger partial charge < -0.3 is 0 Å². The third-order valence-corrected chi connectivity index (χ3v) is 6.88. The Bertz CT molecular complexity index is 285. The zero-order valence-corrected chi connectivity index (χ0v) is 12.5. The molecule has 1 heteroatoms. The van der Waals surface area contributed by atoms with Crippen LogP contribution in [0.1, 0.15) is 83.5 Å². The van der Waals surface area contributed by atoms with Crippen molar-refractivity contribution in [3.63, 3.8) is 0 Å². The molecule has 3 saturated carbocycles. The fourth-order valence-corrected chi connectivity index (χ4v) is 6.19. The van der Waals surface area contributed by atoms with E-state index in [1.54, 1.807) is 12.8 Å². The SMILES string of the molecule is C1CCC(N2C3CCCCC3C3CCCCC32)CC1. The second-order valence-electron chi connectivity index (χ2n) is 7.77. The Morgan fingerprint density at radius 1 is 0.474 bits per heavy atom. The van der Waals surface area contributed by atoms with Gasteiger partial charge in [0.05, 0.1) is 0 Å². The number of hydrogen-bond acceptors (Lipinski definition) is 1. The van der Waals surface area contributed by atoms with Gasteiger partial charge in [0.15, 0.2) is 0 Å². The molecule has 1 saturated heterocycles. The van der Waals surface area contributed by atoms with Crippen LogP contribution < -0.4 is 0 Å². The first-order valence-corrected chi connectivity index (χ1v) is 9.22. The Labute approximate surface area is 119 Å². The van der Waals surface area contributed by atoms with Crippen molar-refractivity contribution >= 4 is 0 Å². The molecule has 0 aromatic heterocycles. The molecule has 19 heavy (non-hydrogen) atoms. The largest absolute Gasteiger partial charge is 0.294 e. The summed E-state index contributed by atoms with van der Waals surface area (Å²) in [7, 11) is 0. The first-order valence-electron chi connectivity index (χ1n) is 9.22. The second-order valence-corrected chi connectivity index (χ2v) is 7.77. The summed E-state index contributed by atoms with van der Waals surface area (Å²) in [5.74, 6) is 2.20. The number of fused-ring (bicyclic) bond motifs is 3. The fourth-order valence-electron chi connectivity index (χ4n) is 6.19. The number of hydrogen-bond donors (Lipinski definition) is 0. The number of rotatable bonds is 1. The van der Waals surface area contributed by atoms with Gasteiger partial charge in [-0.2, -0.15) is 0 Å². The van der Waals surface area contributed by atoms with E-state index < -0.39 is 0 Å². The van der Waals surface area contributed by atoms with Crippen LogP contribution in [-0.2, 0) is 0 Å². The molecular weight excluding hydrogens is 230 g/mol. The van der Waals surface area contributed by atoms with Gasteiger partial charge in [0.2, 0.25) is 0 Å². The Balaban J connectivity index is 1.59. The topological polar surface area (TPSA) is 3.24 Å². The molecule has 0 N–H and O–H groups in total. The summed E-state index contributed by atoms with van der Waals surface area (Å²) in [4.78, 5) is 3.12. The predicted octanol–water partition coefficient (Wildman–Crippen LogP) is 4.75. The van der Waals surface area contributed by atoms with E-state index in [1.807, 2.05) is 0 Å². The molecule has 4 atom stereocenters. The van der Waals surface area contributed by atoms with Crippen molar-refractivity contribution in [2.45, 2.75) is 102 Å². The average Bonchev–Trinajstić information content (AvgIpc) is 2.83. The summed E-state index contributed by atoms with van der Waals surface area (Å²) >= 11 is 0. The maximum Gasteiger partial charge on any atom is 0.0133 e. The van der Waals surface area contributed by atoms with Crippen molar-refractivity contribution in [3.8, 4) is 0 Å². The van der Waals surface area contributed by atoms with E-state index >= 15 is 0 Å². The minimum absolute atomic E-state index is 0.979. The van der Waals surface area contributed by atoms with Crippen LogP contribution in [0.25, 0.3) is 0 Å². The summed E-state index contributed by atoms with van der Waals surface area (Å²) in [6, 6.07) is 2.99. The molecule has 4 aliphatic rings. The van der Waals surface area contributed by atoms with Gasteiger partial charge in [-0.05, 0) is 50.4 Å². The van der Waals surface area contributed by atoms with E-state index in [9.17, 15) is 0 Å². The van der Waals surface area contributed by atoms with Crippen molar-refractivity contribution in [3.05, 3.63) is 0 Å². The smallest absolute Gasteiger partial charge is 0.0133 e. The predicted molar refractivity (Wildman–Crippen MR) is 80.2 cm³/mol. The standard InChI is InChI=1S/C18H31N/c1-2-8-14(9-3-1)19-17-12-6-4-10-15(17)16-11-5-7-13-18(16)19/h14-18H,1-13H2. The van der Waals surface area contributed by atoms with Crippen LogP contribution in [0.5, 0.6) is 0 Å². The molecule has 1 nitrogen and oxygen atoms in total. The lowest BCUT2D eigenvalue weighted by molar-refractivity contribution is 0.0653. The normalized spacial score (nSPS) is 44.8. The Hall–Kier alpha value is -0.0400. The highest BCUT2D eigenvalue weighted by Crippen LogP contribution is 2.51. The van der Waals surface area contributed by atoms with Crippen LogP contribution in [-0.4, -0.2) is 23.0 Å². The molecule has 1 heterocycles. The van der Waals surface area contributed by atoms with Crippen molar-refractivity contribution in [2.24, 2.45) is 11.8 Å². The third kappa shape index (κ3) is 2.17. The van der Waals surface area contributed by atoms with E-state index in [2.05, 4.69) is 4.90 Å². The summed E-state index contributed by atoms with van der Waals surface area (Å²) in [6.07, 6.45) is 19.9. The first-order chi connectivity index (χ1) is 9.45. The Kier molecular flexibility index (Phi) is 3.60. The van der Waals surface area contributed by atoms with Gasteiger partial charge in [-0.15, -0.1) is 0 Å². The molecule has 0 aromatic rings. The highest BCUT2D eigenvalue weighted by Gasteiger charge is 2.51. The molecule has 4 fully saturated rings. The maximum absolute atomic E-state index is 3.12. The molecule has 0 radical (unpaired) electrons. The van der Waals surface area contributed by atoms with Gasteiger partial charge in [-0.1, -0.05) is 44.9 Å². The highest BCUT2D eigenvalue weighted by atomic mass is 15.3. The lowest BCUT2D eigenvalue weighted by atomic mass is 9.73. The molecule has 0 aromatic carbocycles. The molecule has 0 spiro atoms. The highest BCUT2D eigenvalue weighted by molar-refractivity contribution is 5.04.